The summed E-state index contributed by atoms with van der Waals surface area (Å²) in [7, 11) is 0. The van der Waals surface area contributed by atoms with Gasteiger partial charge in [0.25, 0.3) is 0 Å². The lowest BCUT2D eigenvalue weighted by Crippen LogP contribution is -2.42. The fourth-order valence-electron chi connectivity index (χ4n) is 1.38. The molecule has 0 aliphatic heterocycles. The lowest BCUT2D eigenvalue weighted by Gasteiger charge is -2.22. The van der Waals surface area contributed by atoms with Crippen LogP contribution in [0.3, 0.4) is 0 Å². The Morgan fingerprint density at radius 1 is 1.35 bits per heavy atom. The Bertz CT molecular complexity index is 404. The van der Waals surface area contributed by atoms with Crippen molar-refractivity contribution in [2.75, 3.05) is 6.61 Å². The van der Waals surface area contributed by atoms with E-state index in [1.54, 1.807) is 6.92 Å². The highest BCUT2D eigenvalue weighted by atomic mass is 35.5. The van der Waals surface area contributed by atoms with Crippen molar-refractivity contribution in [2.45, 2.75) is 25.1 Å². The van der Waals surface area contributed by atoms with Crippen LogP contribution in [0.5, 0.6) is 0 Å². The van der Waals surface area contributed by atoms with Crippen LogP contribution in [0.15, 0.2) is 18.2 Å². The van der Waals surface area contributed by atoms with Gasteiger partial charge in [0.1, 0.15) is 0 Å². The van der Waals surface area contributed by atoms with Crippen LogP contribution in [0.25, 0.3) is 0 Å². The van der Waals surface area contributed by atoms with E-state index in [1.807, 2.05) is 0 Å². The van der Waals surface area contributed by atoms with Gasteiger partial charge in [-0.3, -0.25) is 0 Å². The summed E-state index contributed by atoms with van der Waals surface area (Å²) < 4.78 is 37.5. The van der Waals surface area contributed by atoms with Crippen LogP contribution >= 0.6 is 11.6 Å². The molecule has 17 heavy (non-hydrogen) atoms. The zero-order valence-electron chi connectivity index (χ0n) is 9.18. The molecule has 0 aliphatic rings. The molecule has 1 atom stereocenters. The molecule has 0 heterocycles. The Kier molecular flexibility index (Phi) is 4.06. The molecule has 1 unspecified atom stereocenters. The number of halogens is 4. The summed E-state index contributed by atoms with van der Waals surface area (Å²) in [5.41, 5.74) is 4.20. The molecule has 1 aromatic carbocycles. The summed E-state index contributed by atoms with van der Waals surface area (Å²) in [6, 6.07) is 3.06. The molecular formula is C11H13ClF3NO. The quantitative estimate of drug-likeness (QED) is 0.884. The molecule has 0 saturated carbocycles. The van der Waals surface area contributed by atoms with Gasteiger partial charge in [0.15, 0.2) is 0 Å². The number of aliphatic hydroxyl groups excluding tert-OH is 1. The van der Waals surface area contributed by atoms with Crippen LogP contribution in [-0.2, 0) is 12.6 Å². The van der Waals surface area contributed by atoms with Crippen molar-refractivity contribution in [1.82, 2.24) is 0 Å². The van der Waals surface area contributed by atoms with E-state index in [4.69, 9.17) is 22.4 Å². The zero-order valence-corrected chi connectivity index (χ0v) is 9.94. The van der Waals surface area contributed by atoms with E-state index in [2.05, 4.69) is 0 Å². The van der Waals surface area contributed by atoms with Gasteiger partial charge in [0.2, 0.25) is 0 Å². The van der Waals surface area contributed by atoms with E-state index in [1.165, 1.54) is 6.07 Å². The Morgan fingerprint density at radius 3 is 2.41 bits per heavy atom. The molecule has 0 bridgehead atoms. The summed E-state index contributed by atoms with van der Waals surface area (Å²) in [5.74, 6) is 0. The standard InChI is InChI=1S/C11H13ClF3NO/c1-10(16,6-17)5-7-4-8(11(13,14)15)2-3-9(7)12/h2-4,17H,5-6,16H2,1H3. The molecule has 0 spiro atoms. The minimum atomic E-state index is -4.41. The first-order valence-electron chi connectivity index (χ1n) is 4.91. The fourth-order valence-corrected chi connectivity index (χ4v) is 1.56. The van der Waals surface area contributed by atoms with Gasteiger partial charge in [-0.1, -0.05) is 11.6 Å². The summed E-state index contributed by atoms with van der Waals surface area (Å²) in [6.45, 7) is 1.21. The highest BCUT2D eigenvalue weighted by Crippen LogP contribution is 2.32. The van der Waals surface area contributed by atoms with E-state index in [9.17, 15) is 13.2 Å². The van der Waals surface area contributed by atoms with Crippen LogP contribution in [0.4, 0.5) is 13.2 Å². The smallest absolute Gasteiger partial charge is 0.394 e. The van der Waals surface area contributed by atoms with Gasteiger partial charge in [0.05, 0.1) is 12.2 Å². The van der Waals surface area contributed by atoms with Gasteiger partial charge in [-0.15, -0.1) is 0 Å². The van der Waals surface area contributed by atoms with Gasteiger partial charge in [-0.2, -0.15) is 13.2 Å². The monoisotopic (exact) mass is 267 g/mol. The summed E-state index contributed by atoms with van der Waals surface area (Å²) in [4.78, 5) is 0. The summed E-state index contributed by atoms with van der Waals surface area (Å²) in [5, 5.41) is 9.20. The number of aliphatic hydroxyl groups is 1. The van der Waals surface area contributed by atoms with E-state index < -0.39 is 17.3 Å². The Labute approximate surface area is 102 Å². The summed E-state index contributed by atoms with van der Waals surface area (Å²) in [6.07, 6.45) is -4.34. The second-order valence-corrected chi connectivity index (χ2v) is 4.70. The van der Waals surface area contributed by atoms with Gasteiger partial charge >= 0.3 is 6.18 Å². The van der Waals surface area contributed by atoms with Crippen LogP contribution in [0.1, 0.15) is 18.1 Å². The Morgan fingerprint density at radius 2 is 1.94 bits per heavy atom. The second-order valence-electron chi connectivity index (χ2n) is 4.29. The normalized spacial score (nSPS) is 15.7. The number of benzene rings is 1. The maximum Gasteiger partial charge on any atom is 0.416 e. The predicted molar refractivity (Wildman–Crippen MR) is 59.8 cm³/mol. The first kappa shape index (κ1) is 14.3. The highest BCUT2D eigenvalue weighted by Gasteiger charge is 2.31. The van der Waals surface area contributed by atoms with Gasteiger partial charge in [-0.05, 0) is 37.1 Å². The molecule has 6 heteroatoms. The number of rotatable bonds is 3. The average Bonchev–Trinajstić information content (AvgIpc) is 2.19. The second kappa shape index (κ2) is 4.84. The summed E-state index contributed by atoms with van der Waals surface area (Å²) >= 11 is 5.80. The number of nitrogens with two attached hydrogens (primary N) is 1. The molecule has 0 fully saturated rings. The maximum absolute atomic E-state index is 12.5. The van der Waals surface area contributed by atoms with Crippen LogP contribution < -0.4 is 5.73 Å². The first-order valence-corrected chi connectivity index (χ1v) is 5.29. The Hall–Kier alpha value is -0.780. The van der Waals surface area contributed by atoms with Gasteiger partial charge in [0, 0.05) is 10.6 Å². The van der Waals surface area contributed by atoms with Gasteiger partial charge in [-0.25, -0.2) is 0 Å². The molecule has 1 aromatic rings. The largest absolute Gasteiger partial charge is 0.416 e. The first-order chi connectivity index (χ1) is 7.65. The van der Waals surface area contributed by atoms with E-state index in [-0.39, 0.29) is 23.6 Å². The average molecular weight is 268 g/mol. The Balaban J connectivity index is 3.08. The number of hydrogen-bond donors (Lipinski definition) is 2. The predicted octanol–water partition coefficient (Wildman–Crippen LogP) is 2.61. The molecular weight excluding hydrogens is 255 g/mol. The molecule has 96 valence electrons. The maximum atomic E-state index is 12.5. The highest BCUT2D eigenvalue weighted by molar-refractivity contribution is 6.31. The van der Waals surface area contributed by atoms with Crippen molar-refractivity contribution < 1.29 is 18.3 Å². The zero-order chi connectivity index (χ0) is 13.3. The van der Waals surface area contributed by atoms with Crippen molar-refractivity contribution in [3.05, 3.63) is 34.3 Å². The van der Waals surface area contributed by atoms with Crippen molar-refractivity contribution in [3.8, 4) is 0 Å². The van der Waals surface area contributed by atoms with E-state index >= 15 is 0 Å². The van der Waals surface area contributed by atoms with Crippen molar-refractivity contribution >= 4 is 11.6 Å². The molecule has 3 N–H and O–H groups in total. The van der Waals surface area contributed by atoms with Crippen LogP contribution in [-0.4, -0.2) is 17.3 Å². The molecule has 1 rings (SSSR count). The van der Waals surface area contributed by atoms with Crippen LogP contribution in [0, 0.1) is 0 Å². The molecule has 0 amide bonds. The van der Waals surface area contributed by atoms with Crippen molar-refractivity contribution in [3.63, 3.8) is 0 Å². The third-order valence-corrected chi connectivity index (χ3v) is 2.70. The fraction of sp³-hybridized carbons (Fsp3) is 0.455. The van der Waals surface area contributed by atoms with E-state index in [0.29, 0.717) is 0 Å². The van der Waals surface area contributed by atoms with Gasteiger partial charge < -0.3 is 10.8 Å². The number of hydrogen-bond acceptors (Lipinski definition) is 2. The molecule has 0 aromatic heterocycles. The third-order valence-electron chi connectivity index (χ3n) is 2.33. The van der Waals surface area contributed by atoms with Crippen molar-refractivity contribution in [1.29, 1.82) is 0 Å². The van der Waals surface area contributed by atoms with Crippen molar-refractivity contribution in [2.24, 2.45) is 5.73 Å². The molecule has 0 radical (unpaired) electrons. The van der Waals surface area contributed by atoms with Crippen LogP contribution in [0.2, 0.25) is 5.02 Å². The lowest BCUT2D eigenvalue weighted by molar-refractivity contribution is -0.137. The minimum absolute atomic E-state index is 0.0756. The molecule has 0 saturated heterocycles. The lowest BCUT2D eigenvalue weighted by atomic mass is 9.94. The molecule has 2 nitrogen and oxygen atoms in total. The minimum Gasteiger partial charge on any atom is -0.394 e. The third kappa shape index (κ3) is 3.87. The molecule has 0 aliphatic carbocycles. The topological polar surface area (TPSA) is 46.2 Å². The number of alkyl halides is 3. The SMILES string of the molecule is CC(N)(CO)Cc1cc(C(F)(F)F)ccc1Cl. The van der Waals surface area contributed by atoms with E-state index in [0.717, 1.165) is 12.1 Å².